The number of aromatic amines is 1. The minimum absolute atomic E-state index is 0.247. The summed E-state index contributed by atoms with van der Waals surface area (Å²) in [6.45, 7) is 0.247. The summed E-state index contributed by atoms with van der Waals surface area (Å²) in [5.41, 5.74) is 1.72. The number of rotatable bonds is 4. The fourth-order valence-electron chi connectivity index (χ4n) is 2.39. The molecule has 7 heteroatoms. The number of fused-ring (bicyclic) bond motifs is 1. The molecule has 0 saturated heterocycles. The molecule has 1 aromatic carbocycles. The number of benzene rings is 1. The Labute approximate surface area is 140 Å². The number of carbonyl (C=O) groups excluding carboxylic acids is 1. The number of amides is 1. The van der Waals surface area contributed by atoms with Crippen molar-refractivity contribution in [3.8, 4) is 10.8 Å². The second-order valence-corrected chi connectivity index (χ2v) is 6.17. The number of nitrogens with one attached hydrogen (secondary N) is 2. The van der Waals surface area contributed by atoms with Gasteiger partial charge in [0.25, 0.3) is 5.91 Å². The molecule has 0 aliphatic heterocycles. The third-order valence-electron chi connectivity index (χ3n) is 3.54. The van der Waals surface area contributed by atoms with Crippen LogP contribution in [-0.4, -0.2) is 15.9 Å². The number of nitrogens with zero attached hydrogens (tertiary/aromatic N) is 1. The first kappa shape index (κ1) is 14.6. The summed E-state index contributed by atoms with van der Waals surface area (Å²) in [5, 5.41) is 5.36. The molecule has 0 saturated carbocycles. The van der Waals surface area contributed by atoms with E-state index in [1.165, 1.54) is 29.7 Å². The van der Waals surface area contributed by atoms with Crippen LogP contribution in [0.3, 0.4) is 0 Å². The van der Waals surface area contributed by atoms with Crippen molar-refractivity contribution in [2.24, 2.45) is 0 Å². The van der Waals surface area contributed by atoms with Crippen LogP contribution in [0.15, 0.2) is 52.5 Å². The Morgan fingerprint density at radius 3 is 3.08 bits per heavy atom. The number of H-pyrrole nitrogens is 1. The molecule has 24 heavy (non-hydrogen) atoms. The molecular weight excluding hydrogens is 329 g/mol. The number of halogens is 1. The average Bonchev–Trinajstić information content (AvgIpc) is 3.30. The van der Waals surface area contributed by atoms with Crippen LogP contribution in [0.2, 0.25) is 0 Å². The maximum absolute atomic E-state index is 13.2. The summed E-state index contributed by atoms with van der Waals surface area (Å²) in [4.78, 5) is 20.5. The van der Waals surface area contributed by atoms with Crippen molar-refractivity contribution in [2.45, 2.75) is 6.54 Å². The summed E-state index contributed by atoms with van der Waals surface area (Å²) in [6.07, 6.45) is 1.52. The lowest BCUT2D eigenvalue weighted by molar-refractivity contribution is 0.0946. The lowest BCUT2D eigenvalue weighted by atomic mass is 10.2. The number of thiophene rings is 1. The van der Waals surface area contributed by atoms with Crippen LogP contribution in [-0.2, 0) is 6.54 Å². The summed E-state index contributed by atoms with van der Waals surface area (Å²) in [5.74, 6) is -0.0835. The van der Waals surface area contributed by atoms with Gasteiger partial charge < -0.3 is 14.7 Å². The maximum Gasteiger partial charge on any atom is 0.268 e. The van der Waals surface area contributed by atoms with Gasteiger partial charge in [0, 0.05) is 10.9 Å². The molecule has 4 aromatic rings. The lowest BCUT2D eigenvalue weighted by Crippen LogP contribution is -2.23. The molecule has 1 amide bonds. The fourth-order valence-corrected chi connectivity index (χ4v) is 3.05. The van der Waals surface area contributed by atoms with E-state index in [0.29, 0.717) is 28.2 Å². The lowest BCUT2D eigenvalue weighted by Gasteiger charge is -2.00. The molecule has 0 fully saturated rings. The Balaban J connectivity index is 1.46. The van der Waals surface area contributed by atoms with E-state index in [-0.39, 0.29) is 18.3 Å². The average molecular weight is 341 g/mol. The van der Waals surface area contributed by atoms with Gasteiger partial charge in [-0.1, -0.05) is 6.07 Å². The molecule has 0 aliphatic rings. The molecule has 3 aromatic heterocycles. The van der Waals surface area contributed by atoms with Gasteiger partial charge in [0.1, 0.15) is 17.8 Å². The zero-order valence-electron chi connectivity index (χ0n) is 12.4. The Morgan fingerprint density at radius 2 is 2.25 bits per heavy atom. The molecule has 3 heterocycles. The highest BCUT2D eigenvalue weighted by atomic mass is 32.1. The van der Waals surface area contributed by atoms with E-state index in [0.717, 1.165) is 4.88 Å². The normalized spacial score (nSPS) is 11.0. The van der Waals surface area contributed by atoms with Crippen LogP contribution < -0.4 is 5.32 Å². The van der Waals surface area contributed by atoms with Crippen LogP contribution >= 0.6 is 11.3 Å². The highest BCUT2D eigenvalue weighted by molar-refractivity contribution is 7.13. The summed E-state index contributed by atoms with van der Waals surface area (Å²) in [7, 11) is 0. The van der Waals surface area contributed by atoms with Gasteiger partial charge in [-0.25, -0.2) is 9.37 Å². The fraction of sp³-hybridized carbons (Fsp3) is 0.0588. The van der Waals surface area contributed by atoms with Gasteiger partial charge in [-0.3, -0.25) is 4.79 Å². The molecule has 4 rings (SSSR count). The highest BCUT2D eigenvalue weighted by Gasteiger charge is 2.12. The number of hydrogen-bond acceptors (Lipinski definition) is 4. The molecule has 0 unspecified atom stereocenters. The maximum atomic E-state index is 13.2. The van der Waals surface area contributed by atoms with Gasteiger partial charge >= 0.3 is 0 Å². The number of hydrogen-bond donors (Lipinski definition) is 2. The van der Waals surface area contributed by atoms with E-state index in [1.54, 1.807) is 12.1 Å². The zero-order valence-corrected chi connectivity index (χ0v) is 13.2. The second-order valence-electron chi connectivity index (χ2n) is 5.22. The monoisotopic (exact) mass is 341 g/mol. The minimum Gasteiger partial charge on any atom is -0.443 e. The molecule has 120 valence electrons. The Kier molecular flexibility index (Phi) is 3.62. The summed E-state index contributed by atoms with van der Waals surface area (Å²) < 4.78 is 18.6. The van der Waals surface area contributed by atoms with E-state index < -0.39 is 0 Å². The van der Waals surface area contributed by atoms with Crippen LogP contribution in [0.4, 0.5) is 4.39 Å². The van der Waals surface area contributed by atoms with E-state index in [4.69, 9.17) is 4.42 Å². The molecule has 0 aliphatic carbocycles. The second kappa shape index (κ2) is 5.93. The Morgan fingerprint density at radius 1 is 1.33 bits per heavy atom. The number of oxazole rings is 1. The first-order valence-corrected chi connectivity index (χ1v) is 8.12. The van der Waals surface area contributed by atoms with Crippen molar-refractivity contribution in [1.29, 1.82) is 0 Å². The topological polar surface area (TPSA) is 70.9 Å². The van der Waals surface area contributed by atoms with Crippen LogP contribution in [0.1, 0.15) is 16.2 Å². The predicted octanol–water partition coefficient (Wildman–Crippen LogP) is 3.95. The van der Waals surface area contributed by atoms with Crippen molar-refractivity contribution < 1.29 is 13.6 Å². The smallest absolute Gasteiger partial charge is 0.268 e. The molecule has 2 N–H and O–H groups in total. The van der Waals surface area contributed by atoms with Crippen LogP contribution in [0.25, 0.3) is 21.7 Å². The van der Waals surface area contributed by atoms with E-state index in [9.17, 15) is 9.18 Å². The largest absolute Gasteiger partial charge is 0.443 e. The number of carbonyl (C=O) groups is 1. The standard InChI is InChI=1S/C17H12FN3O2S/c18-11-3-4-13-10(6-11)7-14(21-13)16(22)19-8-12-9-23-17(20-12)15-2-1-5-24-15/h1-7,9,21H,8H2,(H,19,22). The molecule has 0 spiro atoms. The molecule has 0 bridgehead atoms. The van der Waals surface area contributed by atoms with Crippen molar-refractivity contribution in [2.75, 3.05) is 0 Å². The first-order valence-electron chi connectivity index (χ1n) is 7.24. The Hall–Kier alpha value is -2.93. The van der Waals surface area contributed by atoms with Crippen molar-refractivity contribution in [3.05, 3.63) is 65.2 Å². The summed E-state index contributed by atoms with van der Waals surface area (Å²) >= 11 is 1.53. The minimum atomic E-state index is -0.336. The molecular formula is C17H12FN3O2S. The predicted molar refractivity (Wildman–Crippen MR) is 89.2 cm³/mol. The van der Waals surface area contributed by atoms with E-state index in [2.05, 4.69) is 15.3 Å². The van der Waals surface area contributed by atoms with Gasteiger partial charge in [0.05, 0.1) is 17.1 Å². The van der Waals surface area contributed by atoms with Crippen molar-refractivity contribution in [1.82, 2.24) is 15.3 Å². The van der Waals surface area contributed by atoms with Crippen LogP contribution in [0.5, 0.6) is 0 Å². The van der Waals surface area contributed by atoms with Gasteiger partial charge in [0.15, 0.2) is 0 Å². The van der Waals surface area contributed by atoms with Crippen molar-refractivity contribution in [3.63, 3.8) is 0 Å². The number of aromatic nitrogens is 2. The third-order valence-corrected chi connectivity index (χ3v) is 4.40. The van der Waals surface area contributed by atoms with Crippen LogP contribution in [0, 0.1) is 5.82 Å². The van der Waals surface area contributed by atoms with Crippen molar-refractivity contribution >= 4 is 28.1 Å². The van der Waals surface area contributed by atoms with E-state index in [1.807, 2.05) is 17.5 Å². The Bertz CT molecular complexity index is 1000. The van der Waals surface area contributed by atoms with E-state index >= 15 is 0 Å². The first-order chi connectivity index (χ1) is 11.7. The van der Waals surface area contributed by atoms with Gasteiger partial charge in [0.2, 0.25) is 5.89 Å². The molecule has 0 atom stereocenters. The van der Waals surface area contributed by atoms with Gasteiger partial charge in [-0.05, 0) is 35.7 Å². The highest BCUT2D eigenvalue weighted by Crippen LogP contribution is 2.23. The third kappa shape index (κ3) is 2.81. The zero-order chi connectivity index (χ0) is 16.5. The quantitative estimate of drug-likeness (QED) is 0.590. The van der Waals surface area contributed by atoms with Gasteiger partial charge in [-0.2, -0.15) is 0 Å². The summed E-state index contributed by atoms with van der Waals surface area (Å²) in [6, 6.07) is 9.79. The molecule has 0 radical (unpaired) electrons. The van der Waals surface area contributed by atoms with Gasteiger partial charge in [-0.15, -0.1) is 11.3 Å². The SMILES string of the molecule is O=C(NCc1coc(-c2cccs2)n1)c1cc2cc(F)ccc2[nH]1. The molecule has 5 nitrogen and oxygen atoms in total.